The summed E-state index contributed by atoms with van der Waals surface area (Å²) in [5, 5.41) is 0. The van der Waals surface area contributed by atoms with Crippen molar-refractivity contribution in [2.75, 3.05) is 6.54 Å². The average molecular weight is 193 g/mol. The molecule has 0 bridgehead atoms. The Morgan fingerprint density at radius 3 is 3.00 bits per heavy atom. The third-order valence-corrected chi connectivity index (χ3v) is 2.73. The minimum atomic E-state index is 0.0657. The molecule has 0 N–H and O–H groups in total. The maximum absolute atomic E-state index is 11.8. The van der Waals surface area contributed by atoms with E-state index in [1.807, 2.05) is 22.6 Å². The number of hydrogen-bond donors (Lipinski definition) is 0. The Bertz CT molecular complexity index is 345. The summed E-state index contributed by atoms with van der Waals surface area (Å²) < 4.78 is 1.93. The Labute approximate surface area is 83.5 Å². The second-order valence-electron chi connectivity index (χ2n) is 3.64. The van der Waals surface area contributed by atoms with Crippen molar-refractivity contribution in [2.24, 2.45) is 0 Å². The lowest BCUT2D eigenvalue weighted by molar-refractivity contribution is 0.0708. The van der Waals surface area contributed by atoms with Crippen LogP contribution < -0.4 is 0 Å². The van der Waals surface area contributed by atoms with E-state index in [0.29, 0.717) is 5.82 Å². The lowest BCUT2D eigenvalue weighted by Gasteiger charge is -2.21. The SMILES string of the molecule is CCCCN1C(=O)c2nccn2C1C. The van der Waals surface area contributed by atoms with E-state index in [1.165, 1.54) is 0 Å². The Morgan fingerprint density at radius 1 is 1.57 bits per heavy atom. The molecule has 1 aromatic heterocycles. The van der Waals surface area contributed by atoms with Crippen LogP contribution in [0.25, 0.3) is 0 Å². The summed E-state index contributed by atoms with van der Waals surface area (Å²) in [6.07, 6.45) is 5.84. The molecule has 0 aromatic carbocycles. The molecule has 76 valence electrons. The van der Waals surface area contributed by atoms with Crippen molar-refractivity contribution in [3.8, 4) is 0 Å². The number of nitrogens with zero attached hydrogens (tertiary/aromatic N) is 3. The lowest BCUT2D eigenvalue weighted by atomic mass is 10.3. The largest absolute Gasteiger partial charge is 0.315 e. The minimum absolute atomic E-state index is 0.0657. The molecular weight excluding hydrogens is 178 g/mol. The normalized spacial score (nSPS) is 20.3. The zero-order valence-corrected chi connectivity index (χ0v) is 8.60. The van der Waals surface area contributed by atoms with Crippen molar-refractivity contribution in [2.45, 2.75) is 32.9 Å². The van der Waals surface area contributed by atoms with E-state index in [9.17, 15) is 4.79 Å². The molecular formula is C10H15N3O. The van der Waals surface area contributed by atoms with E-state index in [0.717, 1.165) is 19.4 Å². The molecule has 2 rings (SSSR count). The fraction of sp³-hybridized carbons (Fsp3) is 0.600. The summed E-state index contributed by atoms with van der Waals surface area (Å²) in [6.45, 7) is 5.00. The third kappa shape index (κ3) is 1.22. The van der Waals surface area contributed by atoms with Crippen molar-refractivity contribution in [3.05, 3.63) is 18.2 Å². The number of imidazole rings is 1. The molecule has 1 aliphatic heterocycles. The average Bonchev–Trinajstić information content (AvgIpc) is 2.72. The zero-order chi connectivity index (χ0) is 10.1. The van der Waals surface area contributed by atoms with Gasteiger partial charge in [-0.3, -0.25) is 4.79 Å². The van der Waals surface area contributed by atoms with Gasteiger partial charge in [-0.1, -0.05) is 13.3 Å². The van der Waals surface area contributed by atoms with Gasteiger partial charge in [-0.2, -0.15) is 0 Å². The second-order valence-corrected chi connectivity index (χ2v) is 3.64. The highest BCUT2D eigenvalue weighted by atomic mass is 16.2. The second kappa shape index (κ2) is 3.44. The highest BCUT2D eigenvalue weighted by Gasteiger charge is 2.33. The molecule has 0 aliphatic carbocycles. The van der Waals surface area contributed by atoms with Crippen LogP contribution in [0.5, 0.6) is 0 Å². The van der Waals surface area contributed by atoms with Gasteiger partial charge >= 0.3 is 0 Å². The van der Waals surface area contributed by atoms with E-state index >= 15 is 0 Å². The van der Waals surface area contributed by atoms with Crippen molar-refractivity contribution in [3.63, 3.8) is 0 Å². The first-order chi connectivity index (χ1) is 6.75. The van der Waals surface area contributed by atoms with Gasteiger partial charge in [0.05, 0.1) is 0 Å². The minimum Gasteiger partial charge on any atom is -0.315 e. The van der Waals surface area contributed by atoms with Gasteiger partial charge in [-0.05, 0) is 13.3 Å². The van der Waals surface area contributed by atoms with E-state index in [2.05, 4.69) is 11.9 Å². The summed E-state index contributed by atoms with van der Waals surface area (Å²) in [4.78, 5) is 17.8. The van der Waals surface area contributed by atoms with Gasteiger partial charge in [0, 0.05) is 18.9 Å². The number of unbranched alkanes of at least 4 members (excludes halogenated alkanes) is 1. The van der Waals surface area contributed by atoms with Crippen LogP contribution >= 0.6 is 0 Å². The van der Waals surface area contributed by atoms with E-state index < -0.39 is 0 Å². The smallest absolute Gasteiger partial charge is 0.291 e. The van der Waals surface area contributed by atoms with Gasteiger partial charge in [-0.25, -0.2) is 4.98 Å². The van der Waals surface area contributed by atoms with Crippen molar-refractivity contribution in [1.29, 1.82) is 0 Å². The van der Waals surface area contributed by atoms with Crippen molar-refractivity contribution >= 4 is 5.91 Å². The summed E-state index contributed by atoms with van der Waals surface area (Å²) in [6, 6.07) is 0. The van der Waals surface area contributed by atoms with E-state index in [4.69, 9.17) is 0 Å². The van der Waals surface area contributed by atoms with Crippen LogP contribution in [-0.2, 0) is 0 Å². The molecule has 0 saturated heterocycles. The number of carbonyl (C=O) groups is 1. The van der Waals surface area contributed by atoms with Crippen molar-refractivity contribution < 1.29 is 4.79 Å². The summed E-state index contributed by atoms with van der Waals surface area (Å²) in [5.41, 5.74) is 0. The Morgan fingerprint density at radius 2 is 2.36 bits per heavy atom. The molecule has 1 aromatic rings. The van der Waals surface area contributed by atoms with Gasteiger partial charge < -0.3 is 9.47 Å². The number of hydrogen-bond acceptors (Lipinski definition) is 2. The van der Waals surface area contributed by atoms with Gasteiger partial charge in [0.1, 0.15) is 6.17 Å². The molecule has 14 heavy (non-hydrogen) atoms. The fourth-order valence-corrected chi connectivity index (χ4v) is 1.85. The van der Waals surface area contributed by atoms with Crippen LogP contribution in [0.2, 0.25) is 0 Å². The molecule has 0 fully saturated rings. The Balaban J connectivity index is 2.18. The molecule has 4 heteroatoms. The molecule has 0 saturated carbocycles. The molecule has 1 amide bonds. The summed E-state index contributed by atoms with van der Waals surface area (Å²) >= 11 is 0. The molecule has 4 nitrogen and oxygen atoms in total. The number of rotatable bonds is 3. The first-order valence-electron chi connectivity index (χ1n) is 5.09. The Kier molecular flexibility index (Phi) is 2.27. The standard InChI is InChI=1S/C10H15N3O/c1-3-4-6-13-8(2)12-7-5-11-9(12)10(13)14/h5,7-8H,3-4,6H2,1-2H3. The number of amides is 1. The van der Waals surface area contributed by atoms with Gasteiger partial charge in [0.25, 0.3) is 5.91 Å². The molecule has 0 spiro atoms. The van der Waals surface area contributed by atoms with Gasteiger partial charge in [0.2, 0.25) is 5.82 Å². The third-order valence-electron chi connectivity index (χ3n) is 2.73. The molecule has 1 atom stereocenters. The van der Waals surface area contributed by atoms with E-state index in [-0.39, 0.29) is 12.1 Å². The number of fused-ring (bicyclic) bond motifs is 1. The quantitative estimate of drug-likeness (QED) is 0.732. The predicted octanol–water partition coefficient (Wildman–Crippen LogP) is 1.66. The van der Waals surface area contributed by atoms with Gasteiger partial charge in [-0.15, -0.1) is 0 Å². The first kappa shape index (κ1) is 9.24. The monoisotopic (exact) mass is 193 g/mol. The molecule has 2 heterocycles. The van der Waals surface area contributed by atoms with Crippen molar-refractivity contribution in [1.82, 2.24) is 14.5 Å². The number of aromatic nitrogens is 2. The fourth-order valence-electron chi connectivity index (χ4n) is 1.85. The molecule has 1 aliphatic rings. The predicted molar refractivity (Wildman–Crippen MR) is 52.9 cm³/mol. The van der Waals surface area contributed by atoms with E-state index in [1.54, 1.807) is 6.20 Å². The van der Waals surface area contributed by atoms with Crippen LogP contribution in [0.3, 0.4) is 0 Å². The van der Waals surface area contributed by atoms with Crippen LogP contribution in [0, 0.1) is 0 Å². The van der Waals surface area contributed by atoms with Crippen LogP contribution in [0.4, 0.5) is 0 Å². The Hall–Kier alpha value is -1.32. The maximum Gasteiger partial charge on any atom is 0.291 e. The van der Waals surface area contributed by atoms with Gasteiger partial charge in [0.15, 0.2) is 0 Å². The first-order valence-corrected chi connectivity index (χ1v) is 5.09. The highest BCUT2D eigenvalue weighted by molar-refractivity contribution is 5.92. The highest BCUT2D eigenvalue weighted by Crippen LogP contribution is 2.24. The van der Waals surface area contributed by atoms with Crippen LogP contribution in [0.1, 0.15) is 43.5 Å². The maximum atomic E-state index is 11.8. The summed E-state index contributed by atoms with van der Waals surface area (Å²) in [5.74, 6) is 0.643. The topological polar surface area (TPSA) is 38.1 Å². The molecule has 0 radical (unpaired) electrons. The number of carbonyl (C=O) groups excluding carboxylic acids is 1. The summed E-state index contributed by atoms with van der Waals surface area (Å²) in [7, 11) is 0. The zero-order valence-electron chi connectivity index (χ0n) is 8.60. The lowest BCUT2D eigenvalue weighted by Crippen LogP contribution is -2.28. The van der Waals surface area contributed by atoms with Crippen LogP contribution in [-0.4, -0.2) is 26.9 Å². The van der Waals surface area contributed by atoms with Crippen LogP contribution in [0.15, 0.2) is 12.4 Å². The molecule has 1 unspecified atom stereocenters.